The van der Waals surface area contributed by atoms with E-state index in [0.29, 0.717) is 0 Å². The number of benzene rings is 4. The molecule has 0 aliphatic heterocycles. The molecule has 4 aromatic carbocycles. The number of amides is 2. The molecule has 1 aromatic heterocycles. The minimum absolute atomic E-state index is 0. The number of primary amides is 1. The van der Waals surface area contributed by atoms with Crippen LogP contribution in [0.4, 0.5) is 49.5 Å². The van der Waals surface area contributed by atoms with Gasteiger partial charge in [-0.05, 0) is 72.1 Å². The first-order chi connectivity index (χ1) is 25.4. The molecule has 5 rings (SSSR count). The molecule has 0 aliphatic rings. The number of hydrogen-bond acceptors (Lipinski definition) is 20. The average Bonchev–Trinajstić information content (AvgIpc) is 3.08. The number of rotatable bonds is 14. The summed E-state index contributed by atoms with van der Waals surface area (Å²) in [7, 11) is -14.3. The van der Waals surface area contributed by atoms with Gasteiger partial charge in [-0.1, -0.05) is 6.58 Å². The summed E-state index contributed by atoms with van der Waals surface area (Å²) in [6.45, 7) is 3.25. The van der Waals surface area contributed by atoms with E-state index in [1.54, 1.807) is 0 Å². The zero-order chi connectivity index (χ0) is 39.4. The van der Waals surface area contributed by atoms with Crippen molar-refractivity contribution in [3.63, 3.8) is 0 Å². The van der Waals surface area contributed by atoms with Gasteiger partial charge in [0.05, 0.1) is 32.4 Å². The summed E-state index contributed by atoms with van der Waals surface area (Å²) in [6, 6.07) is 11.3. The second-order valence-corrected chi connectivity index (χ2v) is 15.6. The number of nitrogens with two attached hydrogens (primary N) is 1. The number of anilines is 5. The molecule has 0 fully saturated rings. The van der Waals surface area contributed by atoms with E-state index in [4.69, 9.17) is 5.73 Å². The fraction of sp³-hybridized carbons (Fsp3) is 0. The number of aromatic nitrogens is 3. The maximum Gasteiger partial charge on any atom is 1.00 e. The number of nitrogens with zero attached hydrogens (tertiary/aromatic N) is 5. The third-order valence-electron chi connectivity index (χ3n) is 6.71. The molecular weight excluding hydrogens is 871 g/mol. The van der Waals surface area contributed by atoms with Gasteiger partial charge in [-0.3, -0.25) is 5.04 Å². The Morgan fingerprint density at radius 2 is 1.39 bits per heavy atom. The van der Waals surface area contributed by atoms with Gasteiger partial charge in [0.2, 0.25) is 11.9 Å². The predicted molar refractivity (Wildman–Crippen MR) is 182 cm³/mol. The van der Waals surface area contributed by atoms with Gasteiger partial charge in [0, 0.05) is 27.1 Å². The van der Waals surface area contributed by atoms with Gasteiger partial charge >= 0.3 is 101 Å². The molecule has 0 atom stereocenters. The summed E-state index contributed by atoms with van der Waals surface area (Å²) in [4.78, 5) is 20.8. The Kier molecular flexibility index (Phi) is 18.6. The van der Waals surface area contributed by atoms with Crippen molar-refractivity contribution >= 4 is 99.3 Å². The minimum atomic E-state index is -5.34. The van der Waals surface area contributed by atoms with E-state index >= 15 is 0 Å². The topological polar surface area (TPSA) is 333 Å². The summed E-state index contributed by atoms with van der Waals surface area (Å²) in [6.07, 6.45) is -1.23. The molecule has 57 heavy (non-hydrogen) atoms. The van der Waals surface area contributed by atoms with Gasteiger partial charge in [0.25, 0.3) is 0 Å². The van der Waals surface area contributed by atoms with Crippen molar-refractivity contribution in [1.82, 2.24) is 15.0 Å². The first-order valence-corrected chi connectivity index (χ1v) is 19.2. The molecule has 2 amide bonds. The zero-order valence-corrected chi connectivity index (χ0v) is 38.6. The van der Waals surface area contributed by atoms with Crippen LogP contribution in [0, 0.1) is 6.08 Å². The Hall–Kier alpha value is -2.71. The van der Waals surface area contributed by atoms with Gasteiger partial charge < -0.3 is 36.0 Å². The van der Waals surface area contributed by atoms with E-state index in [9.17, 15) is 48.8 Å². The van der Waals surface area contributed by atoms with Crippen LogP contribution in [0.1, 0.15) is 0 Å². The summed E-state index contributed by atoms with van der Waals surface area (Å²) >= 11 is 0.192. The van der Waals surface area contributed by atoms with Crippen molar-refractivity contribution in [2.24, 2.45) is 16.0 Å². The maximum absolute atomic E-state index is 14.4. The van der Waals surface area contributed by atoms with Crippen LogP contribution in [-0.2, 0) is 39.4 Å². The molecule has 1 heterocycles. The average molecular weight is 890 g/mol. The Morgan fingerprint density at radius 1 is 0.807 bits per heavy atom. The van der Waals surface area contributed by atoms with E-state index in [0.717, 1.165) is 29.7 Å². The molecule has 0 spiro atoms. The van der Waals surface area contributed by atoms with Gasteiger partial charge in [-0.15, -0.1) is 10.2 Å². The molecule has 0 unspecified atom stereocenters. The largest absolute Gasteiger partial charge is 1.00 e. The molecule has 0 aliphatic carbocycles. The first kappa shape index (κ1) is 50.4. The van der Waals surface area contributed by atoms with Crippen LogP contribution >= 0.6 is 12.0 Å². The normalized spacial score (nSPS) is 11.5. The SMILES string of the molecule is C=CS(=O)(=O)c1ccc(Nc2nc(F)nc(Nc3ccc(N=Nc4cc5c(S(=O)(=O)[O-])cc(SOO[O-])cc5cc4S(=O)(=O)[O-])c(NC(N)=O)c3)n2)cc1.[Na+].[Na+].[Na+]. The second kappa shape index (κ2) is 21.0. The number of hydrogen-bond donors (Lipinski definition) is 4. The molecular formula is C28H19FN9Na3O12S4. The number of azo groups is 1. The standard InChI is InChI=1S/C28H22FN9O12S4.3Na/c1-2-52(41,42)18-6-3-15(4-7-18)31-27-34-25(29)35-28(36-27)32-16-5-8-20(21(11-16)33-26(30)39)37-38-22-13-19-14(10-24(22)54(46,47)48)9-17(51-50-49-40)12-23(19)53(43,44)45;;;/h2-13,40H,1H2,(H3,30,33,39)(H,43,44,45)(H,46,47,48)(H2,31,32,34,35,36);;;/q;3*+1/p-3. The Morgan fingerprint density at radius 3 is 1.95 bits per heavy atom. The molecule has 0 saturated heterocycles. The van der Waals surface area contributed by atoms with Crippen molar-refractivity contribution in [1.29, 1.82) is 0 Å². The maximum atomic E-state index is 14.4. The van der Waals surface area contributed by atoms with E-state index in [1.807, 2.05) is 0 Å². The third kappa shape index (κ3) is 13.4. The van der Waals surface area contributed by atoms with Crippen LogP contribution in [0.3, 0.4) is 0 Å². The van der Waals surface area contributed by atoms with Gasteiger partial charge in [0.1, 0.15) is 31.6 Å². The van der Waals surface area contributed by atoms with Crippen LogP contribution < -0.4 is 116 Å². The van der Waals surface area contributed by atoms with Crippen LogP contribution in [0.5, 0.6) is 0 Å². The van der Waals surface area contributed by atoms with Crippen LogP contribution in [0.2, 0.25) is 0 Å². The number of carbonyl (C=O) groups excluding carboxylic acids is 1. The summed E-state index contributed by atoms with van der Waals surface area (Å²) in [5, 5.41) is 28.8. The smallest absolute Gasteiger partial charge is 0.744 e. The van der Waals surface area contributed by atoms with E-state index in [1.165, 1.54) is 42.5 Å². The number of nitrogens with one attached hydrogen (secondary N) is 3. The number of urea groups is 1. The van der Waals surface area contributed by atoms with Crippen molar-refractivity contribution in [2.45, 2.75) is 19.6 Å². The number of carbonyl (C=O) groups is 1. The van der Waals surface area contributed by atoms with E-state index in [2.05, 4.69) is 57.1 Å². The fourth-order valence-corrected chi connectivity index (χ4v) is 7.07. The van der Waals surface area contributed by atoms with Crippen molar-refractivity contribution in [3.8, 4) is 0 Å². The number of halogens is 1. The van der Waals surface area contributed by atoms with Gasteiger partial charge in [-0.2, -0.15) is 23.7 Å². The molecule has 5 N–H and O–H groups in total. The van der Waals surface area contributed by atoms with E-state index < -0.39 is 57.7 Å². The molecule has 0 saturated carbocycles. The Bertz CT molecular complexity index is 2680. The Balaban J connectivity index is 0.00000374. The summed E-state index contributed by atoms with van der Waals surface area (Å²) < 4.78 is 115. The monoisotopic (exact) mass is 889 g/mol. The van der Waals surface area contributed by atoms with Crippen molar-refractivity contribution in [3.05, 3.63) is 84.8 Å². The fourth-order valence-electron chi connectivity index (χ4n) is 4.49. The third-order valence-corrected chi connectivity index (χ3v) is 10.4. The molecule has 0 bridgehead atoms. The van der Waals surface area contributed by atoms with Gasteiger partial charge in [-0.25, -0.2) is 30.0 Å². The van der Waals surface area contributed by atoms with Crippen molar-refractivity contribution < 1.29 is 147 Å². The predicted octanol–water partition coefficient (Wildman–Crippen LogP) is -5.47. The quantitative estimate of drug-likeness (QED) is 0.0202. The Labute approximate surface area is 392 Å². The van der Waals surface area contributed by atoms with Crippen LogP contribution in [-0.4, -0.2) is 55.3 Å². The minimum Gasteiger partial charge on any atom is -0.744 e. The van der Waals surface area contributed by atoms with Gasteiger partial charge in [0.15, 0.2) is 9.84 Å². The molecule has 29 heteroatoms. The van der Waals surface area contributed by atoms with E-state index in [-0.39, 0.29) is 156 Å². The molecule has 21 nitrogen and oxygen atoms in total. The second-order valence-electron chi connectivity index (χ2n) is 10.2. The zero-order valence-electron chi connectivity index (χ0n) is 29.4. The summed E-state index contributed by atoms with van der Waals surface area (Å²) in [5.74, 6) is -0.646. The molecule has 0 radical (unpaired) electrons. The van der Waals surface area contributed by atoms with Crippen LogP contribution in [0.25, 0.3) is 10.8 Å². The number of sulfone groups is 1. The molecule has 5 aromatic rings. The van der Waals surface area contributed by atoms with Crippen LogP contribution in [0.15, 0.2) is 109 Å². The summed E-state index contributed by atoms with van der Waals surface area (Å²) in [5.41, 5.74) is 4.55. The molecule has 282 valence electrons. The number of fused-ring (bicyclic) bond motifs is 1. The van der Waals surface area contributed by atoms with Crippen molar-refractivity contribution in [2.75, 3.05) is 16.0 Å². The first-order valence-electron chi connectivity index (χ1n) is 14.1.